The van der Waals surface area contributed by atoms with Gasteiger partial charge in [-0.1, -0.05) is 32.8 Å². The third-order valence-electron chi connectivity index (χ3n) is 13.5. The van der Waals surface area contributed by atoms with E-state index in [4.69, 9.17) is 9.72 Å². The molecule has 3 aromatic carbocycles. The number of likely N-dealkylation sites (tertiary alicyclic amines) is 1. The smallest absolute Gasteiger partial charge is 0.415 e. The molecule has 1 fully saturated rings. The van der Waals surface area contributed by atoms with Crippen molar-refractivity contribution in [1.82, 2.24) is 33.8 Å². The Bertz CT molecular complexity index is 3140. The summed E-state index contributed by atoms with van der Waals surface area (Å²) in [5.41, 5.74) is 2.37. The summed E-state index contributed by atoms with van der Waals surface area (Å²) in [5, 5.41) is 72.8. The first-order valence-corrected chi connectivity index (χ1v) is 22.2. The third-order valence-corrected chi connectivity index (χ3v) is 13.5. The van der Waals surface area contributed by atoms with E-state index in [9.17, 15) is 45.0 Å². The van der Waals surface area contributed by atoms with Crippen molar-refractivity contribution in [3.05, 3.63) is 105 Å². The lowest BCUT2D eigenvalue weighted by Crippen LogP contribution is -2.40. The summed E-state index contributed by atoms with van der Waals surface area (Å²) in [5.74, 6) is -0.767. The van der Waals surface area contributed by atoms with Crippen LogP contribution in [0.4, 0.5) is 4.79 Å². The number of aryl methyl sites for hydroxylation is 2. The van der Waals surface area contributed by atoms with Crippen LogP contribution in [0.15, 0.2) is 71.7 Å². The number of hydrogen-bond acceptors (Lipinski definition) is 12. The molecule has 0 spiro atoms. The maximum atomic E-state index is 13.7. The summed E-state index contributed by atoms with van der Waals surface area (Å²) in [6.07, 6.45) is 4.46. The first-order valence-electron chi connectivity index (χ1n) is 22.2. The Morgan fingerprint density at radius 3 is 2.41 bits per heavy atom. The lowest BCUT2D eigenvalue weighted by Gasteiger charge is -2.31. The zero-order chi connectivity index (χ0) is 46.8. The van der Waals surface area contributed by atoms with E-state index in [1.54, 1.807) is 29.2 Å². The van der Waals surface area contributed by atoms with Gasteiger partial charge >= 0.3 is 18.1 Å². The van der Waals surface area contributed by atoms with Crippen molar-refractivity contribution in [3.63, 3.8) is 0 Å². The van der Waals surface area contributed by atoms with Crippen LogP contribution in [0.25, 0.3) is 50.3 Å². The molecule has 9 rings (SSSR count). The van der Waals surface area contributed by atoms with Crippen LogP contribution < -0.4 is 10.3 Å². The predicted molar refractivity (Wildman–Crippen MR) is 244 cm³/mol. The fraction of sp³-hybridized carbons (Fsp3) is 0.347. The normalized spacial score (nSPS) is 14.8. The Morgan fingerprint density at radius 1 is 0.939 bits per heavy atom. The average molecular weight is 898 g/mol. The molecule has 0 radical (unpaired) electrons. The van der Waals surface area contributed by atoms with Crippen molar-refractivity contribution in [2.75, 3.05) is 13.1 Å². The highest BCUT2D eigenvalue weighted by molar-refractivity contribution is 5.90. The van der Waals surface area contributed by atoms with Gasteiger partial charge in [0.25, 0.3) is 5.56 Å². The van der Waals surface area contributed by atoms with E-state index in [1.165, 1.54) is 28.2 Å². The molecule has 2 aliphatic heterocycles. The van der Waals surface area contributed by atoms with Gasteiger partial charge < -0.3 is 49.4 Å². The fourth-order valence-electron chi connectivity index (χ4n) is 9.71. The highest BCUT2D eigenvalue weighted by Crippen LogP contribution is 2.41. The molecule has 2 aliphatic rings. The van der Waals surface area contributed by atoms with Gasteiger partial charge in [0, 0.05) is 64.9 Å². The van der Waals surface area contributed by atoms with Crippen LogP contribution in [-0.4, -0.2) is 89.6 Å². The minimum atomic E-state index is -2.37. The molecule has 6 heterocycles. The number of carboxylic acids is 1. The molecule has 17 heteroatoms. The van der Waals surface area contributed by atoms with Crippen LogP contribution in [0, 0.1) is 5.92 Å². The van der Waals surface area contributed by atoms with Crippen LogP contribution >= 0.6 is 0 Å². The number of aromatic nitrogens is 6. The number of fused-ring (bicyclic) bond motifs is 5. The van der Waals surface area contributed by atoms with E-state index in [2.05, 4.69) is 14.8 Å². The molecular weight excluding hydrogens is 847 g/mol. The molecule has 66 heavy (non-hydrogen) atoms. The lowest BCUT2D eigenvalue weighted by atomic mass is 9.87. The van der Waals surface area contributed by atoms with Crippen molar-refractivity contribution >= 4 is 33.9 Å². The van der Waals surface area contributed by atoms with Crippen molar-refractivity contribution in [3.8, 4) is 51.7 Å². The molecule has 0 saturated carbocycles. The van der Waals surface area contributed by atoms with Crippen molar-refractivity contribution in [1.29, 1.82) is 0 Å². The van der Waals surface area contributed by atoms with Crippen molar-refractivity contribution < 1.29 is 45.0 Å². The summed E-state index contributed by atoms with van der Waals surface area (Å²) in [4.78, 5) is 45.9. The number of carboxylic acid groups (broad SMARTS) is 1. The SMILES string of the molecule is CCc1c2c(nc3ccc(OC(=O)N4CCC(CCn5ccc6cc(-n7c(O)nnc7-c7cc(C(C)C)c(O)cc7O)ccc65)CC4)cc13)-c1cc(C(O)(CC)C(=O)O)c(CO)c(=O)n1C2. The zero-order valence-corrected chi connectivity index (χ0v) is 37.0. The van der Waals surface area contributed by atoms with Gasteiger partial charge in [-0.15, -0.1) is 5.10 Å². The first-order chi connectivity index (χ1) is 31.6. The molecule has 1 amide bonds. The molecular formula is C49H51N7O10. The minimum Gasteiger partial charge on any atom is -0.508 e. The second-order valence-corrected chi connectivity index (χ2v) is 17.5. The number of phenolic OH excluding ortho intramolecular Hbond substituents is 2. The number of aliphatic carboxylic acids is 1. The van der Waals surface area contributed by atoms with E-state index < -0.39 is 29.8 Å². The second kappa shape index (κ2) is 17.0. The zero-order valence-electron chi connectivity index (χ0n) is 37.0. The number of rotatable bonds is 12. The highest BCUT2D eigenvalue weighted by atomic mass is 16.6. The van der Waals surface area contributed by atoms with Gasteiger partial charge in [-0.3, -0.25) is 4.79 Å². The van der Waals surface area contributed by atoms with Gasteiger partial charge in [0.2, 0.25) is 0 Å². The number of benzene rings is 3. The number of phenols is 2. The largest absolute Gasteiger partial charge is 0.508 e. The van der Waals surface area contributed by atoms with Gasteiger partial charge in [0.1, 0.15) is 17.2 Å². The van der Waals surface area contributed by atoms with E-state index in [0.29, 0.717) is 64.9 Å². The molecule has 17 nitrogen and oxygen atoms in total. The Balaban J connectivity index is 0.856. The molecule has 1 unspecified atom stereocenters. The van der Waals surface area contributed by atoms with Crippen LogP contribution in [0.1, 0.15) is 87.1 Å². The number of aliphatic hydroxyl groups excluding tert-OH is 1. The minimum absolute atomic E-state index is 0.0206. The summed E-state index contributed by atoms with van der Waals surface area (Å²) in [6.45, 7) is 8.59. The number of amides is 1. The number of pyridine rings is 2. The molecule has 0 bridgehead atoms. The molecule has 4 aromatic heterocycles. The Labute approximate surface area is 378 Å². The van der Waals surface area contributed by atoms with Crippen LogP contribution in [0.5, 0.6) is 23.3 Å². The van der Waals surface area contributed by atoms with E-state index >= 15 is 0 Å². The molecule has 7 aromatic rings. The number of ether oxygens (including phenoxy) is 1. The number of piperidine rings is 1. The number of carbonyl (C=O) groups is 2. The number of carbonyl (C=O) groups excluding carboxylic acids is 1. The quantitative estimate of drug-likeness (QED) is 0.0732. The van der Waals surface area contributed by atoms with Crippen LogP contribution in [0.3, 0.4) is 0 Å². The van der Waals surface area contributed by atoms with Gasteiger partial charge in [-0.2, -0.15) is 0 Å². The number of nitrogens with zero attached hydrogens (tertiary/aromatic N) is 7. The number of aliphatic hydroxyl groups is 2. The lowest BCUT2D eigenvalue weighted by molar-refractivity contribution is -0.160. The molecule has 6 N–H and O–H groups in total. The third kappa shape index (κ3) is 7.37. The van der Waals surface area contributed by atoms with E-state index in [-0.39, 0.29) is 53.3 Å². The van der Waals surface area contributed by atoms with E-state index in [0.717, 1.165) is 53.2 Å². The number of hydrogen-bond donors (Lipinski definition) is 6. The fourth-order valence-corrected chi connectivity index (χ4v) is 9.71. The first kappa shape index (κ1) is 44.0. The molecule has 0 aliphatic carbocycles. The van der Waals surface area contributed by atoms with Gasteiger partial charge in [-0.05, 0) is 110 Å². The van der Waals surface area contributed by atoms with Crippen molar-refractivity contribution in [2.45, 2.75) is 91.0 Å². The molecule has 1 saturated heterocycles. The standard InChI is InChI=1S/C49H51N7O10/c1-5-31-33-20-30(8-9-38(33)50-43-35(31)24-55-40(43)22-37(36(25-57)45(55)60)49(65,6-2)46(61)62)66-48(64)54-16-12-27(13-17-54)11-15-53-18-14-28-19-29(7-10-39(28)53)56-44(51-52-47(56)63)34-21-32(26(3)4)41(58)23-42(34)59/h7-10,14,18-23,26-27,57-59,65H,5-6,11-13,15-17,24-25H2,1-4H3,(H,52,63)(H,61,62). The maximum Gasteiger partial charge on any atom is 0.415 e. The van der Waals surface area contributed by atoms with Crippen molar-refractivity contribution in [2.24, 2.45) is 5.92 Å². The Hall–Kier alpha value is -7.24. The van der Waals surface area contributed by atoms with Crippen LogP contribution in [-0.2, 0) is 36.5 Å². The second-order valence-electron chi connectivity index (χ2n) is 17.5. The summed E-state index contributed by atoms with van der Waals surface area (Å²) >= 11 is 0. The number of aromatic hydroxyl groups is 3. The molecule has 342 valence electrons. The Kier molecular flexibility index (Phi) is 11.3. The van der Waals surface area contributed by atoms with Crippen LogP contribution in [0.2, 0.25) is 0 Å². The molecule has 1 atom stereocenters. The average Bonchev–Trinajstić information content (AvgIpc) is 4.01. The monoisotopic (exact) mass is 897 g/mol. The summed E-state index contributed by atoms with van der Waals surface area (Å²) in [6, 6.07) is 17.0. The highest BCUT2D eigenvalue weighted by Gasteiger charge is 2.41. The van der Waals surface area contributed by atoms with Gasteiger partial charge in [0.15, 0.2) is 11.4 Å². The van der Waals surface area contributed by atoms with E-state index in [1.807, 2.05) is 51.2 Å². The predicted octanol–water partition coefficient (Wildman–Crippen LogP) is 6.91. The van der Waals surface area contributed by atoms with Gasteiger partial charge in [-0.25, -0.2) is 19.1 Å². The maximum absolute atomic E-state index is 13.7. The topological polar surface area (TPSA) is 239 Å². The summed E-state index contributed by atoms with van der Waals surface area (Å²) < 4.78 is 11.0. The summed E-state index contributed by atoms with van der Waals surface area (Å²) in [7, 11) is 0. The Morgan fingerprint density at radius 2 is 1.71 bits per heavy atom. The van der Waals surface area contributed by atoms with Gasteiger partial charge in [0.05, 0.1) is 41.3 Å².